The van der Waals surface area contributed by atoms with Crippen molar-refractivity contribution in [2.75, 3.05) is 49.3 Å². The van der Waals surface area contributed by atoms with E-state index in [1.165, 1.54) is 23.1 Å². The fraction of sp³-hybridized carbons (Fsp3) is 0.273. The maximum atomic E-state index is 12.8. The Hall–Kier alpha value is -3.11. The van der Waals surface area contributed by atoms with Gasteiger partial charge in [-0.3, -0.25) is 9.59 Å². The van der Waals surface area contributed by atoms with E-state index in [1.807, 2.05) is 47.4 Å². The molecule has 1 aromatic heterocycles. The highest BCUT2D eigenvalue weighted by atomic mass is 32.2. The number of para-hydroxylation sites is 1. The van der Waals surface area contributed by atoms with E-state index in [9.17, 15) is 9.59 Å². The molecule has 1 saturated heterocycles. The summed E-state index contributed by atoms with van der Waals surface area (Å²) in [6.45, 7) is 2.59. The zero-order valence-corrected chi connectivity index (χ0v) is 19.2. The number of nitrogens with one attached hydrogen (secondary N) is 1. The quantitative estimate of drug-likeness (QED) is 0.532. The third-order valence-corrected chi connectivity index (χ3v) is 7.05. The summed E-state index contributed by atoms with van der Waals surface area (Å²) in [7, 11) is 1.59. The van der Waals surface area contributed by atoms with E-state index in [4.69, 9.17) is 4.74 Å². The van der Waals surface area contributed by atoms with Gasteiger partial charge in [0.05, 0.1) is 12.9 Å². The average Bonchev–Trinajstić information content (AvgIpc) is 3.32. The third-order valence-electron chi connectivity index (χ3n) is 4.93. The molecular formula is C22H23N5O3S2. The second-order valence-corrected chi connectivity index (χ2v) is 9.24. The maximum Gasteiger partial charge on any atom is 0.254 e. The number of carbonyl (C=O) groups is 2. The number of aromatic nitrogens is 2. The SMILES string of the molecule is COc1cccc(C(=O)N2CCN(c3nnc(SCC(=O)Nc4ccccc4)s3)CC2)c1. The lowest BCUT2D eigenvalue weighted by molar-refractivity contribution is -0.113. The van der Waals surface area contributed by atoms with Crippen LogP contribution in [0.1, 0.15) is 10.4 Å². The highest BCUT2D eigenvalue weighted by Gasteiger charge is 2.24. The Kier molecular flexibility index (Phi) is 7.23. The van der Waals surface area contributed by atoms with Crippen molar-refractivity contribution in [1.29, 1.82) is 0 Å². The van der Waals surface area contributed by atoms with Crippen molar-refractivity contribution < 1.29 is 14.3 Å². The first kappa shape index (κ1) is 22.1. The molecule has 0 aliphatic carbocycles. The fourth-order valence-electron chi connectivity index (χ4n) is 3.27. The van der Waals surface area contributed by atoms with Gasteiger partial charge in [0.15, 0.2) is 4.34 Å². The van der Waals surface area contributed by atoms with Crippen LogP contribution in [0.15, 0.2) is 58.9 Å². The first-order chi connectivity index (χ1) is 15.6. The van der Waals surface area contributed by atoms with Crippen LogP contribution in [0.3, 0.4) is 0 Å². The molecule has 2 amide bonds. The molecular weight excluding hydrogens is 446 g/mol. The number of ether oxygens (including phenoxy) is 1. The Bertz CT molecular complexity index is 1070. The van der Waals surface area contributed by atoms with Crippen molar-refractivity contribution in [2.45, 2.75) is 4.34 Å². The monoisotopic (exact) mass is 469 g/mol. The topological polar surface area (TPSA) is 87.7 Å². The van der Waals surface area contributed by atoms with E-state index in [1.54, 1.807) is 19.2 Å². The number of hydrogen-bond acceptors (Lipinski definition) is 8. The molecule has 1 aliphatic rings. The molecule has 0 unspecified atom stereocenters. The number of anilines is 2. The standard InChI is InChI=1S/C22H23N5O3S2/c1-30-18-9-5-6-16(14-18)20(29)26-10-12-27(13-11-26)21-24-25-22(32-21)31-15-19(28)23-17-7-3-2-4-8-17/h2-9,14H,10-13,15H2,1H3,(H,23,28). The molecule has 1 aliphatic heterocycles. The summed E-state index contributed by atoms with van der Waals surface area (Å²) in [6.07, 6.45) is 0. The van der Waals surface area contributed by atoms with Crippen molar-refractivity contribution >= 4 is 45.7 Å². The Balaban J connectivity index is 1.26. The number of amides is 2. The van der Waals surface area contributed by atoms with Gasteiger partial charge in [-0.2, -0.15) is 0 Å². The lowest BCUT2D eigenvalue weighted by Gasteiger charge is -2.34. The molecule has 166 valence electrons. The minimum absolute atomic E-state index is 0.00138. The summed E-state index contributed by atoms with van der Waals surface area (Å²) in [5.41, 5.74) is 1.40. The summed E-state index contributed by atoms with van der Waals surface area (Å²) in [6, 6.07) is 16.6. The van der Waals surface area contributed by atoms with Crippen molar-refractivity contribution in [1.82, 2.24) is 15.1 Å². The second-order valence-electron chi connectivity index (χ2n) is 7.06. The molecule has 0 spiro atoms. The summed E-state index contributed by atoms with van der Waals surface area (Å²) in [5.74, 6) is 0.863. The van der Waals surface area contributed by atoms with Crippen LogP contribution in [-0.2, 0) is 4.79 Å². The van der Waals surface area contributed by atoms with Gasteiger partial charge in [-0.1, -0.05) is 47.4 Å². The number of rotatable bonds is 7. The van der Waals surface area contributed by atoms with E-state index in [0.717, 1.165) is 15.2 Å². The molecule has 0 saturated carbocycles. The predicted molar refractivity (Wildman–Crippen MR) is 127 cm³/mol. The van der Waals surface area contributed by atoms with Gasteiger partial charge in [0, 0.05) is 37.4 Å². The molecule has 2 heterocycles. The van der Waals surface area contributed by atoms with Gasteiger partial charge < -0.3 is 19.9 Å². The summed E-state index contributed by atoms with van der Waals surface area (Å²) >= 11 is 2.83. The van der Waals surface area contributed by atoms with Crippen LogP contribution in [0.25, 0.3) is 0 Å². The molecule has 8 nitrogen and oxygen atoms in total. The molecule has 0 radical (unpaired) electrons. The smallest absolute Gasteiger partial charge is 0.254 e. The molecule has 4 rings (SSSR count). The number of thioether (sulfide) groups is 1. The van der Waals surface area contributed by atoms with E-state index >= 15 is 0 Å². The van der Waals surface area contributed by atoms with Gasteiger partial charge in [0.25, 0.3) is 5.91 Å². The molecule has 1 N–H and O–H groups in total. The van der Waals surface area contributed by atoms with Crippen LogP contribution < -0.4 is 15.0 Å². The highest BCUT2D eigenvalue weighted by molar-refractivity contribution is 8.01. The van der Waals surface area contributed by atoms with Gasteiger partial charge in [0.1, 0.15) is 5.75 Å². The molecule has 32 heavy (non-hydrogen) atoms. The Morgan fingerprint density at radius 1 is 1.06 bits per heavy atom. The van der Waals surface area contributed by atoms with Crippen molar-refractivity contribution in [3.05, 3.63) is 60.2 Å². The number of carbonyl (C=O) groups excluding carboxylic acids is 2. The average molecular weight is 470 g/mol. The first-order valence-electron chi connectivity index (χ1n) is 10.1. The Labute approximate surface area is 194 Å². The van der Waals surface area contributed by atoms with Crippen molar-refractivity contribution in [2.24, 2.45) is 0 Å². The number of benzene rings is 2. The van der Waals surface area contributed by atoms with Gasteiger partial charge in [-0.15, -0.1) is 10.2 Å². The van der Waals surface area contributed by atoms with Gasteiger partial charge in [0.2, 0.25) is 11.0 Å². The van der Waals surface area contributed by atoms with Crippen molar-refractivity contribution in [3.8, 4) is 5.75 Å². The molecule has 10 heteroatoms. The molecule has 2 aromatic carbocycles. The zero-order chi connectivity index (χ0) is 22.3. The Morgan fingerprint density at radius 2 is 1.84 bits per heavy atom. The van der Waals surface area contributed by atoms with Crippen LogP contribution in [0, 0.1) is 0 Å². The molecule has 3 aromatic rings. The minimum atomic E-state index is -0.0809. The molecule has 0 atom stereocenters. The van der Waals surface area contributed by atoms with Crippen LogP contribution >= 0.6 is 23.1 Å². The number of piperazine rings is 1. The van der Waals surface area contributed by atoms with Crippen LogP contribution in [0.2, 0.25) is 0 Å². The van der Waals surface area contributed by atoms with E-state index in [2.05, 4.69) is 20.4 Å². The van der Waals surface area contributed by atoms with E-state index in [-0.39, 0.29) is 17.6 Å². The molecule has 1 fully saturated rings. The highest BCUT2D eigenvalue weighted by Crippen LogP contribution is 2.29. The fourth-order valence-corrected chi connectivity index (χ4v) is 4.97. The lowest BCUT2D eigenvalue weighted by Crippen LogP contribution is -2.48. The largest absolute Gasteiger partial charge is 0.497 e. The Morgan fingerprint density at radius 3 is 2.59 bits per heavy atom. The molecule has 0 bridgehead atoms. The van der Waals surface area contributed by atoms with Gasteiger partial charge in [-0.05, 0) is 30.3 Å². The second kappa shape index (κ2) is 10.5. The van der Waals surface area contributed by atoms with E-state index < -0.39 is 0 Å². The summed E-state index contributed by atoms with van der Waals surface area (Å²) < 4.78 is 5.96. The zero-order valence-electron chi connectivity index (χ0n) is 17.6. The van der Waals surface area contributed by atoms with Crippen molar-refractivity contribution in [3.63, 3.8) is 0 Å². The maximum absolute atomic E-state index is 12.8. The van der Waals surface area contributed by atoms with Crippen LogP contribution in [-0.4, -0.2) is 66.0 Å². The first-order valence-corrected chi connectivity index (χ1v) is 11.9. The summed E-state index contributed by atoms with van der Waals surface area (Å²) in [5, 5.41) is 12.2. The normalized spacial score (nSPS) is 13.7. The number of nitrogens with zero attached hydrogens (tertiary/aromatic N) is 4. The van der Waals surface area contributed by atoms with Crippen LogP contribution in [0.4, 0.5) is 10.8 Å². The van der Waals surface area contributed by atoms with Gasteiger partial charge >= 0.3 is 0 Å². The third kappa shape index (κ3) is 5.57. The minimum Gasteiger partial charge on any atom is -0.497 e. The predicted octanol–water partition coefficient (Wildman–Crippen LogP) is 3.24. The van der Waals surface area contributed by atoms with Crippen LogP contribution in [0.5, 0.6) is 5.75 Å². The van der Waals surface area contributed by atoms with E-state index in [0.29, 0.717) is 37.5 Å². The van der Waals surface area contributed by atoms with Gasteiger partial charge in [-0.25, -0.2) is 0 Å². The number of methoxy groups -OCH3 is 1. The lowest BCUT2D eigenvalue weighted by atomic mass is 10.1. The number of hydrogen-bond donors (Lipinski definition) is 1. The summed E-state index contributed by atoms with van der Waals surface area (Å²) in [4.78, 5) is 28.9.